The molecule has 2 N–H and O–H groups in total. The predicted octanol–water partition coefficient (Wildman–Crippen LogP) is 3.79. The van der Waals surface area contributed by atoms with Crippen molar-refractivity contribution in [2.24, 2.45) is 23.7 Å². The number of hydrogen-bond acceptors (Lipinski definition) is 8. The highest BCUT2D eigenvalue weighted by atomic mass is 16.5. The zero-order chi connectivity index (χ0) is 41.0. The first-order chi connectivity index (χ1) is 25.3. The van der Waals surface area contributed by atoms with E-state index in [1.165, 1.54) is 19.1 Å². The molecule has 0 saturated carbocycles. The Morgan fingerprint density at radius 3 is 1.98 bits per heavy atom. The third-order valence-corrected chi connectivity index (χ3v) is 11.3. The zero-order valence-corrected chi connectivity index (χ0v) is 35.1. The lowest BCUT2D eigenvalue weighted by Gasteiger charge is -2.41. The highest BCUT2D eigenvalue weighted by Gasteiger charge is 2.44. The minimum absolute atomic E-state index is 0.00872. The summed E-state index contributed by atoms with van der Waals surface area (Å²) in [5.74, 6) is -3.06. The number of carbonyl (C=O) groups is 5. The second-order valence-corrected chi connectivity index (χ2v) is 16.0. The molecule has 0 spiro atoms. The molecule has 0 bridgehead atoms. The standard InChI is InChI=1S/C41H69N5O8/c1-14-27(6)36(45(11)40(50)34(25(2)3)42-38(48)35(26(4)5)43(8)9)32(53-12)24-33(47)46-22-18-21-30(46)37(54-13)28(7)39(49)44(10)31(41(51)52)23-29-19-16-15-17-20-29/h15-17,19-20,25-28,30-32,34-37H,14,18,21-24H2,1-13H3,(H,42,48)(H,51,52)/t27?,28-,30+,31+,32-,34+,35+,36+,37-/m1/s1. The fourth-order valence-electron chi connectivity index (χ4n) is 8.10. The lowest BCUT2D eigenvalue weighted by atomic mass is 9.89. The van der Waals surface area contributed by atoms with Crippen LogP contribution in [0.25, 0.3) is 0 Å². The third-order valence-electron chi connectivity index (χ3n) is 11.3. The highest BCUT2D eigenvalue weighted by molar-refractivity contribution is 5.90. The smallest absolute Gasteiger partial charge is 0.326 e. The molecule has 0 aromatic heterocycles. The van der Waals surface area contributed by atoms with Crippen molar-refractivity contribution in [2.45, 2.75) is 123 Å². The molecule has 13 nitrogen and oxygen atoms in total. The van der Waals surface area contributed by atoms with E-state index >= 15 is 0 Å². The number of benzene rings is 1. The van der Waals surface area contributed by atoms with Gasteiger partial charge in [0.1, 0.15) is 12.1 Å². The number of rotatable bonds is 21. The van der Waals surface area contributed by atoms with Gasteiger partial charge >= 0.3 is 5.97 Å². The van der Waals surface area contributed by atoms with E-state index in [1.54, 1.807) is 30.9 Å². The van der Waals surface area contributed by atoms with Crippen LogP contribution in [0.3, 0.4) is 0 Å². The summed E-state index contributed by atoms with van der Waals surface area (Å²) in [5, 5.41) is 13.1. The number of hydrogen-bond donors (Lipinski definition) is 2. The van der Waals surface area contributed by atoms with Crippen molar-refractivity contribution in [2.75, 3.05) is 49.0 Å². The molecule has 1 aliphatic rings. The number of nitrogens with zero attached hydrogens (tertiary/aromatic N) is 4. The Balaban J connectivity index is 2.31. The Morgan fingerprint density at radius 1 is 0.889 bits per heavy atom. The van der Waals surface area contributed by atoms with Crippen LogP contribution < -0.4 is 5.32 Å². The normalized spacial score (nSPS) is 19.1. The maximum atomic E-state index is 14.2. The minimum atomic E-state index is -1.10. The van der Waals surface area contributed by atoms with E-state index in [-0.39, 0.29) is 54.2 Å². The first-order valence-electron chi connectivity index (χ1n) is 19.5. The molecule has 0 aliphatic carbocycles. The number of carboxylic acids is 1. The molecule has 0 radical (unpaired) electrons. The first-order valence-corrected chi connectivity index (χ1v) is 19.5. The van der Waals surface area contributed by atoms with Crippen molar-refractivity contribution in [1.82, 2.24) is 24.9 Å². The summed E-state index contributed by atoms with van der Waals surface area (Å²) in [5.41, 5.74) is 0.803. The molecule has 1 aromatic carbocycles. The summed E-state index contributed by atoms with van der Waals surface area (Å²) >= 11 is 0. The van der Waals surface area contributed by atoms with Crippen LogP contribution in [0.5, 0.6) is 0 Å². The molecule has 1 aromatic rings. The number of likely N-dealkylation sites (tertiary alicyclic amines) is 1. The van der Waals surface area contributed by atoms with Gasteiger partial charge in [0.15, 0.2) is 0 Å². The van der Waals surface area contributed by atoms with Crippen LogP contribution in [0.4, 0.5) is 0 Å². The van der Waals surface area contributed by atoms with Gasteiger partial charge in [0.05, 0.1) is 42.7 Å². The molecule has 9 atom stereocenters. The molecule has 306 valence electrons. The lowest BCUT2D eigenvalue weighted by Crippen LogP contribution is -2.59. The maximum Gasteiger partial charge on any atom is 0.326 e. The van der Waals surface area contributed by atoms with Crippen molar-refractivity contribution in [3.05, 3.63) is 35.9 Å². The Bertz CT molecular complexity index is 1370. The van der Waals surface area contributed by atoms with Crippen LogP contribution in [-0.4, -0.2) is 146 Å². The zero-order valence-electron chi connectivity index (χ0n) is 35.1. The first kappa shape index (κ1) is 46.6. The number of aliphatic carboxylic acids is 1. The Hall–Kier alpha value is -3.55. The van der Waals surface area contributed by atoms with Gasteiger partial charge in [-0.25, -0.2) is 4.79 Å². The SMILES string of the molecule is CCC(C)[C@@H]([C@@H](CC(=O)N1CCC[C@H]1[C@H](OC)[C@@H](C)C(=O)N(C)[C@@H](Cc1ccccc1)C(=O)O)OC)N(C)C(=O)[C@@H](NC(=O)[C@H](C(C)C)N(C)C)C(C)C. The summed E-state index contributed by atoms with van der Waals surface area (Å²) in [6, 6.07) is 6.02. The van der Waals surface area contributed by atoms with Crippen molar-refractivity contribution >= 4 is 29.6 Å². The van der Waals surface area contributed by atoms with Crippen LogP contribution in [0.2, 0.25) is 0 Å². The molecule has 1 unspecified atom stereocenters. The monoisotopic (exact) mass is 760 g/mol. The Morgan fingerprint density at radius 2 is 1.50 bits per heavy atom. The van der Waals surface area contributed by atoms with Crippen molar-refractivity contribution in [3.63, 3.8) is 0 Å². The molecule has 1 fully saturated rings. The van der Waals surface area contributed by atoms with E-state index in [0.717, 1.165) is 12.0 Å². The van der Waals surface area contributed by atoms with Crippen LogP contribution >= 0.6 is 0 Å². The van der Waals surface area contributed by atoms with Gasteiger partial charge < -0.3 is 34.6 Å². The molecule has 4 amide bonds. The minimum Gasteiger partial charge on any atom is -0.480 e. The van der Waals surface area contributed by atoms with E-state index in [2.05, 4.69) is 5.32 Å². The number of carboxylic acid groups (broad SMARTS) is 1. The van der Waals surface area contributed by atoms with Crippen molar-refractivity contribution in [1.29, 1.82) is 0 Å². The number of nitrogens with one attached hydrogen (secondary N) is 1. The van der Waals surface area contributed by atoms with Gasteiger partial charge in [0.2, 0.25) is 23.6 Å². The van der Waals surface area contributed by atoms with Gasteiger partial charge in [0.25, 0.3) is 0 Å². The van der Waals surface area contributed by atoms with E-state index in [1.807, 2.05) is 90.9 Å². The molecule has 13 heteroatoms. The molecule has 54 heavy (non-hydrogen) atoms. The summed E-state index contributed by atoms with van der Waals surface area (Å²) < 4.78 is 11.9. The molecule has 1 aliphatic heterocycles. The summed E-state index contributed by atoms with van der Waals surface area (Å²) in [6.07, 6.45) is 0.857. The van der Waals surface area contributed by atoms with Crippen LogP contribution in [0.1, 0.15) is 79.7 Å². The van der Waals surface area contributed by atoms with Crippen LogP contribution in [-0.2, 0) is 39.9 Å². The van der Waals surface area contributed by atoms with E-state index in [0.29, 0.717) is 19.4 Å². The predicted molar refractivity (Wildman–Crippen MR) is 210 cm³/mol. The largest absolute Gasteiger partial charge is 0.480 e. The van der Waals surface area contributed by atoms with E-state index < -0.39 is 54.3 Å². The number of methoxy groups -OCH3 is 2. The Labute approximate surface area is 324 Å². The second kappa shape index (κ2) is 21.5. The number of likely N-dealkylation sites (N-methyl/N-ethyl adjacent to an activating group) is 3. The summed E-state index contributed by atoms with van der Waals surface area (Å²) in [4.78, 5) is 74.6. The van der Waals surface area contributed by atoms with Crippen LogP contribution in [0, 0.1) is 23.7 Å². The van der Waals surface area contributed by atoms with Gasteiger partial charge in [-0.05, 0) is 50.3 Å². The van der Waals surface area contributed by atoms with Gasteiger partial charge in [-0.2, -0.15) is 0 Å². The number of ether oxygens (including phenoxy) is 2. The molecule has 2 rings (SSSR count). The third kappa shape index (κ3) is 11.7. The molecular weight excluding hydrogens is 690 g/mol. The fraction of sp³-hybridized carbons (Fsp3) is 0.732. The molecular formula is C41H69N5O8. The number of carbonyl (C=O) groups excluding carboxylic acids is 4. The van der Waals surface area contributed by atoms with E-state index in [4.69, 9.17) is 9.47 Å². The van der Waals surface area contributed by atoms with Gasteiger partial charge in [-0.1, -0.05) is 85.2 Å². The average Bonchev–Trinajstić information content (AvgIpc) is 3.61. The topological polar surface area (TPSA) is 149 Å². The second-order valence-electron chi connectivity index (χ2n) is 16.0. The highest BCUT2D eigenvalue weighted by Crippen LogP contribution is 2.30. The van der Waals surface area contributed by atoms with Gasteiger partial charge in [-0.15, -0.1) is 0 Å². The Kier molecular flexibility index (Phi) is 18.6. The fourth-order valence-corrected chi connectivity index (χ4v) is 8.10. The molecule has 1 heterocycles. The lowest BCUT2D eigenvalue weighted by molar-refractivity contribution is -0.154. The van der Waals surface area contributed by atoms with E-state index in [9.17, 15) is 29.1 Å². The van der Waals surface area contributed by atoms with Crippen molar-refractivity contribution in [3.8, 4) is 0 Å². The number of amides is 4. The summed E-state index contributed by atoms with van der Waals surface area (Å²) in [6.45, 7) is 14.0. The quantitative estimate of drug-likeness (QED) is 0.191. The van der Waals surface area contributed by atoms with Crippen LogP contribution in [0.15, 0.2) is 30.3 Å². The van der Waals surface area contributed by atoms with Crippen molar-refractivity contribution < 1.29 is 38.6 Å². The molecule has 1 saturated heterocycles. The van der Waals surface area contributed by atoms with Gasteiger partial charge in [0, 0.05) is 41.3 Å². The average molecular weight is 760 g/mol. The maximum absolute atomic E-state index is 14.2. The summed E-state index contributed by atoms with van der Waals surface area (Å²) in [7, 11) is 9.97. The van der Waals surface area contributed by atoms with Gasteiger partial charge in [-0.3, -0.25) is 24.1 Å².